The third kappa shape index (κ3) is 2.15. The van der Waals surface area contributed by atoms with Gasteiger partial charge in [-0.1, -0.05) is 18.6 Å². The van der Waals surface area contributed by atoms with Crippen molar-refractivity contribution in [2.75, 3.05) is 6.54 Å². The fourth-order valence-corrected chi connectivity index (χ4v) is 3.57. The van der Waals surface area contributed by atoms with Crippen molar-refractivity contribution < 1.29 is 9.90 Å². The minimum Gasteiger partial charge on any atom is -0.478 e. The highest BCUT2D eigenvalue weighted by molar-refractivity contribution is 5.87. The Morgan fingerprint density at radius 2 is 2.22 bits per heavy atom. The highest BCUT2D eigenvalue weighted by atomic mass is 16.4. The summed E-state index contributed by atoms with van der Waals surface area (Å²) in [6, 6.07) is 8.10. The quantitative estimate of drug-likeness (QED) is 0.890. The topological polar surface area (TPSA) is 40.5 Å². The summed E-state index contributed by atoms with van der Waals surface area (Å²) in [6.07, 6.45) is 5.39. The van der Waals surface area contributed by atoms with Crippen molar-refractivity contribution in [3.63, 3.8) is 0 Å². The maximum atomic E-state index is 11.0. The lowest BCUT2D eigenvalue weighted by atomic mass is 10.0. The van der Waals surface area contributed by atoms with Gasteiger partial charge in [-0.25, -0.2) is 4.79 Å². The number of nitrogens with zero attached hydrogens (tertiary/aromatic N) is 1. The van der Waals surface area contributed by atoms with Crippen molar-refractivity contribution in [1.82, 2.24) is 4.90 Å². The van der Waals surface area contributed by atoms with Crippen LogP contribution in [0.25, 0.3) is 0 Å². The van der Waals surface area contributed by atoms with E-state index < -0.39 is 5.97 Å². The average molecular weight is 245 g/mol. The molecule has 1 aliphatic heterocycles. The second-order valence-corrected chi connectivity index (χ2v) is 5.52. The Morgan fingerprint density at radius 1 is 1.33 bits per heavy atom. The summed E-state index contributed by atoms with van der Waals surface area (Å²) in [7, 11) is 0. The summed E-state index contributed by atoms with van der Waals surface area (Å²) in [5.41, 5.74) is 1.53. The molecule has 3 rings (SSSR count). The highest BCUT2D eigenvalue weighted by Gasteiger charge is 2.37. The molecule has 3 nitrogen and oxygen atoms in total. The number of benzene rings is 1. The van der Waals surface area contributed by atoms with Crippen molar-refractivity contribution in [3.05, 3.63) is 35.4 Å². The molecule has 2 atom stereocenters. The summed E-state index contributed by atoms with van der Waals surface area (Å²) in [5, 5.41) is 9.01. The van der Waals surface area contributed by atoms with E-state index in [-0.39, 0.29) is 0 Å². The molecule has 1 saturated carbocycles. The maximum absolute atomic E-state index is 11.0. The van der Waals surface area contributed by atoms with Crippen LogP contribution in [-0.4, -0.2) is 28.6 Å². The second kappa shape index (κ2) is 4.73. The predicted molar refractivity (Wildman–Crippen MR) is 69.6 cm³/mol. The number of hydrogen-bond acceptors (Lipinski definition) is 2. The van der Waals surface area contributed by atoms with Crippen LogP contribution in [0.2, 0.25) is 0 Å². The number of fused-ring (bicyclic) bond motifs is 1. The first-order chi connectivity index (χ1) is 8.74. The lowest BCUT2D eigenvalue weighted by molar-refractivity contribution is 0.0696. The highest BCUT2D eigenvalue weighted by Crippen LogP contribution is 2.38. The molecule has 2 unspecified atom stereocenters. The largest absolute Gasteiger partial charge is 0.478 e. The Labute approximate surface area is 107 Å². The van der Waals surface area contributed by atoms with Crippen LogP contribution in [0.1, 0.15) is 41.6 Å². The lowest BCUT2D eigenvalue weighted by Gasteiger charge is -2.23. The zero-order valence-electron chi connectivity index (χ0n) is 10.5. The van der Waals surface area contributed by atoms with Crippen molar-refractivity contribution in [2.45, 2.75) is 38.3 Å². The minimum atomic E-state index is -0.836. The molecule has 1 heterocycles. The standard InChI is InChI=1S/C15H19NO2/c17-15(18)13-5-1-3-11(9-13)10-16-8-7-12-4-2-6-14(12)16/h1,3,5,9,12,14H,2,4,6-8,10H2,(H,17,18). The van der Waals surface area contributed by atoms with Crippen LogP contribution in [0.15, 0.2) is 24.3 Å². The fourth-order valence-electron chi connectivity index (χ4n) is 3.57. The smallest absolute Gasteiger partial charge is 0.335 e. The fraction of sp³-hybridized carbons (Fsp3) is 0.533. The van der Waals surface area contributed by atoms with Gasteiger partial charge >= 0.3 is 5.97 Å². The van der Waals surface area contributed by atoms with Crippen molar-refractivity contribution in [1.29, 1.82) is 0 Å². The number of carboxylic acid groups (broad SMARTS) is 1. The Morgan fingerprint density at radius 3 is 3.06 bits per heavy atom. The van der Waals surface area contributed by atoms with Gasteiger partial charge in [-0.2, -0.15) is 0 Å². The molecule has 0 bridgehead atoms. The van der Waals surface area contributed by atoms with Crippen LogP contribution >= 0.6 is 0 Å². The van der Waals surface area contributed by atoms with E-state index in [9.17, 15) is 4.79 Å². The van der Waals surface area contributed by atoms with Crippen LogP contribution in [0.3, 0.4) is 0 Å². The third-order valence-electron chi connectivity index (χ3n) is 4.43. The predicted octanol–water partition coefficient (Wildman–Crippen LogP) is 2.76. The molecule has 0 spiro atoms. The molecule has 0 radical (unpaired) electrons. The van der Waals surface area contributed by atoms with Crippen LogP contribution in [0.5, 0.6) is 0 Å². The first-order valence-corrected chi connectivity index (χ1v) is 6.80. The molecule has 1 N–H and O–H groups in total. The van der Waals surface area contributed by atoms with Crippen LogP contribution < -0.4 is 0 Å². The van der Waals surface area contributed by atoms with Crippen LogP contribution in [-0.2, 0) is 6.54 Å². The van der Waals surface area contributed by atoms with E-state index in [1.807, 2.05) is 18.2 Å². The van der Waals surface area contributed by atoms with E-state index in [1.54, 1.807) is 6.07 Å². The van der Waals surface area contributed by atoms with E-state index in [1.165, 1.54) is 32.2 Å². The summed E-state index contributed by atoms with van der Waals surface area (Å²) < 4.78 is 0. The number of hydrogen-bond donors (Lipinski definition) is 1. The molecule has 1 aromatic rings. The Kier molecular flexibility index (Phi) is 3.08. The maximum Gasteiger partial charge on any atom is 0.335 e. The summed E-state index contributed by atoms with van der Waals surface area (Å²) >= 11 is 0. The van der Waals surface area contributed by atoms with Crippen molar-refractivity contribution >= 4 is 5.97 Å². The molecule has 0 aromatic heterocycles. The molecule has 0 amide bonds. The SMILES string of the molecule is O=C(O)c1cccc(CN2CCC3CCCC32)c1. The zero-order valence-corrected chi connectivity index (χ0v) is 10.5. The van der Waals surface area contributed by atoms with Gasteiger partial charge in [-0.3, -0.25) is 4.90 Å². The van der Waals surface area contributed by atoms with Crippen molar-refractivity contribution in [2.24, 2.45) is 5.92 Å². The van der Waals surface area contributed by atoms with Gasteiger partial charge in [0, 0.05) is 12.6 Å². The minimum absolute atomic E-state index is 0.398. The Bertz CT molecular complexity index is 458. The molecule has 2 fully saturated rings. The number of likely N-dealkylation sites (tertiary alicyclic amines) is 1. The van der Waals surface area contributed by atoms with Gasteiger partial charge in [0.05, 0.1) is 5.56 Å². The summed E-state index contributed by atoms with van der Waals surface area (Å²) in [4.78, 5) is 13.5. The number of carbonyl (C=O) groups is 1. The second-order valence-electron chi connectivity index (χ2n) is 5.52. The first kappa shape index (κ1) is 11.7. The van der Waals surface area contributed by atoms with E-state index in [0.717, 1.165) is 24.1 Å². The average Bonchev–Trinajstić information content (AvgIpc) is 2.94. The molecule has 18 heavy (non-hydrogen) atoms. The lowest BCUT2D eigenvalue weighted by Crippen LogP contribution is -2.29. The van der Waals surface area contributed by atoms with E-state index in [0.29, 0.717) is 5.56 Å². The molecule has 1 saturated heterocycles. The van der Waals surface area contributed by atoms with Crippen molar-refractivity contribution in [3.8, 4) is 0 Å². The van der Waals surface area contributed by atoms with Gasteiger partial charge < -0.3 is 5.11 Å². The molecular weight excluding hydrogens is 226 g/mol. The molecule has 1 aromatic carbocycles. The van der Waals surface area contributed by atoms with E-state index in [2.05, 4.69) is 4.90 Å². The van der Waals surface area contributed by atoms with E-state index in [4.69, 9.17) is 5.11 Å². The normalized spacial score (nSPS) is 27.3. The monoisotopic (exact) mass is 245 g/mol. The van der Waals surface area contributed by atoms with E-state index >= 15 is 0 Å². The molecular formula is C15H19NO2. The molecule has 1 aliphatic carbocycles. The molecule has 3 heteroatoms. The Balaban J connectivity index is 1.72. The summed E-state index contributed by atoms with van der Waals surface area (Å²) in [5.74, 6) is 0.0599. The van der Waals surface area contributed by atoms with Crippen LogP contribution in [0, 0.1) is 5.92 Å². The third-order valence-corrected chi connectivity index (χ3v) is 4.43. The molecule has 2 aliphatic rings. The van der Waals surface area contributed by atoms with Gasteiger partial charge in [0.15, 0.2) is 0 Å². The molecule has 96 valence electrons. The van der Waals surface area contributed by atoms with Gasteiger partial charge in [-0.15, -0.1) is 0 Å². The number of aromatic carboxylic acids is 1. The Hall–Kier alpha value is -1.35. The van der Waals surface area contributed by atoms with Crippen LogP contribution in [0.4, 0.5) is 0 Å². The van der Waals surface area contributed by atoms with Gasteiger partial charge in [-0.05, 0) is 49.4 Å². The van der Waals surface area contributed by atoms with Gasteiger partial charge in [0.2, 0.25) is 0 Å². The summed E-state index contributed by atoms with van der Waals surface area (Å²) in [6.45, 7) is 2.08. The van der Waals surface area contributed by atoms with Gasteiger partial charge in [0.25, 0.3) is 0 Å². The number of rotatable bonds is 3. The van der Waals surface area contributed by atoms with Gasteiger partial charge in [0.1, 0.15) is 0 Å². The zero-order chi connectivity index (χ0) is 12.5. The first-order valence-electron chi connectivity index (χ1n) is 6.80. The number of carboxylic acids is 1.